The van der Waals surface area contributed by atoms with Crippen molar-refractivity contribution in [2.24, 2.45) is 11.3 Å². The Hall–Kier alpha value is -0.520. The highest BCUT2D eigenvalue weighted by Gasteiger charge is 2.42. The van der Waals surface area contributed by atoms with Crippen LogP contribution in [0.15, 0.2) is 0 Å². The van der Waals surface area contributed by atoms with E-state index in [0.29, 0.717) is 17.4 Å². The Morgan fingerprint density at radius 3 is 2.73 bits per heavy atom. The maximum atomic E-state index is 12.4. The fourth-order valence-electron chi connectivity index (χ4n) is 4.12. The standard InChI is InChI=1S/C16H30N4O.ClH/c1-13(2)8-19-10-14-9-18(6-7-20(14)15(19)21)12-16(3)4-5-17-11-16;/h13-14,17H,4-12H2,1-3H3;1H. The maximum absolute atomic E-state index is 12.4. The van der Waals surface area contributed by atoms with E-state index in [0.717, 1.165) is 45.8 Å². The molecule has 5 nitrogen and oxygen atoms in total. The summed E-state index contributed by atoms with van der Waals surface area (Å²) in [4.78, 5) is 19.2. The van der Waals surface area contributed by atoms with Crippen molar-refractivity contribution in [2.45, 2.75) is 33.2 Å². The molecule has 0 spiro atoms. The van der Waals surface area contributed by atoms with E-state index >= 15 is 0 Å². The van der Waals surface area contributed by atoms with Gasteiger partial charge < -0.3 is 15.1 Å². The van der Waals surface area contributed by atoms with Crippen molar-refractivity contribution in [3.63, 3.8) is 0 Å². The number of halogens is 1. The topological polar surface area (TPSA) is 38.8 Å². The maximum Gasteiger partial charge on any atom is 0.320 e. The summed E-state index contributed by atoms with van der Waals surface area (Å²) in [5, 5.41) is 3.49. The highest BCUT2D eigenvalue weighted by molar-refractivity contribution is 5.85. The number of urea groups is 1. The van der Waals surface area contributed by atoms with E-state index in [-0.39, 0.29) is 18.4 Å². The Morgan fingerprint density at radius 1 is 1.32 bits per heavy atom. The van der Waals surface area contributed by atoms with Crippen LogP contribution in [0, 0.1) is 11.3 Å². The Labute approximate surface area is 140 Å². The van der Waals surface area contributed by atoms with Gasteiger partial charge in [0.2, 0.25) is 0 Å². The summed E-state index contributed by atoms with van der Waals surface area (Å²) in [6.45, 7) is 15.0. The Morgan fingerprint density at radius 2 is 2.09 bits per heavy atom. The van der Waals surface area contributed by atoms with Crippen LogP contribution in [-0.4, -0.2) is 79.1 Å². The zero-order valence-electron chi connectivity index (χ0n) is 14.2. The lowest BCUT2D eigenvalue weighted by atomic mass is 9.89. The number of amides is 2. The molecule has 3 aliphatic heterocycles. The summed E-state index contributed by atoms with van der Waals surface area (Å²) in [7, 11) is 0. The zero-order valence-corrected chi connectivity index (χ0v) is 15.0. The van der Waals surface area contributed by atoms with Crippen molar-refractivity contribution in [1.82, 2.24) is 20.0 Å². The normalized spacial score (nSPS) is 32.5. The molecular formula is C16H31ClN4O. The second-order valence-electron chi connectivity index (χ2n) is 7.90. The minimum atomic E-state index is 0. The van der Waals surface area contributed by atoms with E-state index in [1.54, 1.807) is 0 Å². The van der Waals surface area contributed by atoms with E-state index in [1.807, 2.05) is 0 Å². The molecule has 0 radical (unpaired) electrons. The van der Waals surface area contributed by atoms with Crippen LogP contribution < -0.4 is 5.32 Å². The van der Waals surface area contributed by atoms with Gasteiger partial charge in [-0.05, 0) is 24.3 Å². The number of nitrogens with one attached hydrogen (secondary N) is 1. The summed E-state index contributed by atoms with van der Waals surface area (Å²) in [5.41, 5.74) is 0.419. The first kappa shape index (κ1) is 17.8. The molecule has 1 N–H and O–H groups in total. The molecular weight excluding hydrogens is 300 g/mol. The van der Waals surface area contributed by atoms with Crippen molar-refractivity contribution in [1.29, 1.82) is 0 Å². The first-order valence-corrected chi connectivity index (χ1v) is 8.45. The van der Waals surface area contributed by atoms with E-state index in [2.05, 4.69) is 40.8 Å². The molecule has 3 saturated heterocycles. The van der Waals surface area contributed by atoms with Gasteiger partial charge in [0.1, 0.15) is 0 Å². The van der Waals surface area contributed by atoms with Gasteiger partial charge in [-0.25, -0.2) is 4.79 Å². The number of rotatable bonds is 4. The van der Waals surface area contributed by atoms with Crippen molar-refractivity contribution >= 4 is 18.4 Å². The molecule has 0 saturated carbocycles. The van der Waals surface area contributed by atoms with Crippen LogP contribution in [0.4, 0.5) is 4.79 Å². The third kappa shape index (κ3) is 3.69. The number of hydrogen-bond donors (Lipinski definition) is 1. The van der Waals surface area contributed by atoms with Crippen molar-refractivity contribution < 1.29 is 4.79 Å². The van der Waals surface area contributed by atoms with Gasteiger partial charge in [-0.1, -0.05) is 20.8 Å². The first-order valence-electron chi connectivity index (χ1n) is 8.45. The lowest BCUT2D eigenvalue weighted by Crippen LogP contribution is -2.54. The van der Waals surface area contributed by atoms with E-state index < -0.39 is 0 Å². The molecule has 3 fully saturated rings. The largest absolute Gasteiger partial charge is 0.322 e. The minimum absolute atomic E-state index is 0. The van der Waals surface area contributed by atoms with E-state index in [4.69, 9.17) is 0 Å². The summed E-state index contributed by atoms with van der Waals surface area (Å²) in [6, 6.07) is 0.671. The van der Waals surface area contributed by atoms with Gasteiger partial charge in [0.05, 0.1) is 6.04 Å². The summed E-state index contributed by atoms with van der Waals surface area (Å²) < 4.78 is 0. The Bertz CT molecular complexity index is 398. The molecule has 0 aromatic carbocycles. The predicted octanol–water partition coefficient (Wildman–Crippen LogP) is 1.49. The second kappa shape index (κ2) is 6.93. The second-order valence-corrected chi connectivity index (χ2v) is 7.90. The molecule has 0 aliphatic carbocycles. The van der Waals surface area contributed by atoms with Gasteiger partial charge >= 0.3 is 6.03 Å². The van der Waals surface area contributed by atoms with Gasteiger partial charge in [-0.15, -0.1) is 12.4 Å². The molecule has 2 unspecified atom stereocenters. The number of nitrogens with zero attached hydrogens (tertiary/aromatic N) is 3. The quantitative estimate of drug-likeness (QED) is 0.848. The van der Waals surface area contributed by atoms with E-state index in [9.17, 15) is 4.79 Å². The van der Waals surface area contributed by atoms with E-state index in [1.165, 1.54) is 13.0 Å². The van der Waals surface area contributed by atoms with Crippen LogP contribution in [0.2, 0.25) is 0 Å². The van der Waals surface area contributed by atoms with Gasteiger partial charge in [-0.2, -0.15) is 0 Å². The molecule has 2 amide bonds. The van der Waals surface area contributed by atoms with Gasteiger partial charge in [-0.3, -0.25) is 4.90 Å². The molecule has 6 heteroatoms. The molecule has 22 heavy (non-hydrogen) atoms. The fraction of sp³-hybridized carbons (Fsp3) is 0.938. The Balaban J connectivity index is 0.00000176. The first-order chi connectivity index (χ1) is 9.97. The summed E-state index contributed by atoms with van der Waals surface area (Å²) in [6.07, 6.45) is 1.27. The average molecular weight is 331 g/mol. The lowest BCUT2D eigenvalue weighted by Gasteiger charge is -2.40. The molecule has 3 rings (SSSR count). The van der Waals surface area contributed by atoms with Crippen LogP contribution in [0.5, 0.6) is 0 Å². The number of fused-ring (bicyclic) bond motifs is 1. The smallest absolute Gasteiger partial charge is 0.320 e. The number of carbonyl (C=O) groups excluding carboxylic acids is 1. The molecule has 0 aromatic heterocycles. The van der Waals surface area contributed by atoms with Gasteiger partial charge in [0, 0.05) is 45.8 Å². The van der Waals surface area contributed by atoms with Gasteiger partial charge in [0.25, 0.3) is 0 Å². The third-order valence-electron chi connectivity index (χ3n) is 5.16. The van der Waals surface area contributed by atoms with Crippen molar-refractivity contribution in [3.05, 3.63) is 0 Å². The van der Waals surface area contributed by atoms with Crippen LogP contribution in [-0.2, 0) is 0 Å². The summed E-state index contributed by atoms with van der Waals surface area (Å²) >= 11 is 0. The van der Waals surface area contributed by atoms with Crippen LogP contribution in [0.3, 0.4) is 0 Å². The number of carbonyl (C=O) groups is 1. The predicted molar refractivity (Wildman–Crippen MR) is 91.6 cm³/mol. The highest BCUT2D eigenvalue weighted by Crippen LogP contribution is 2.28. The Kier molecular flexibility index (Phi) is 5.62. The number of hydrogen-bond acceptors (Lipinski definition) is 3. The SMILES string of the molecule is CC(C)CN1CC2CN(CC3(C)CCNC3)CCN2C1=O.Cl. The van der Waals surface area contributed by atoms with Crippen molar-refractivity contribution in [2.75, 3.05) is 52.4 Å². The molecule has 0 aromatic rings. The van der Waals surface area contributed by atoms with Crippen LogP contribution in [0.25, 0.3) is 0 Å². The molecule has 3 heterocycles. The molecule has 3 aliphatic rings. The monoisotopic (exact) mass is 330 g/mol. The van der Waals surface area contributed by atoms with Crippen LogP contribution in [0.1, 0.15) is 27.2 Å². The molecule has 128 valence electrons. The van der Waals surface area contributed by atoms with Crippen molar-refractivity contribution in [3.8, 4) is 0 Å². The van der Waals surface area contributed by atoms with Gasteiger partial charge in [0.15, 0.2) is 0 Å². The average Bonchev–Trinajstić information content (AvgIpc) is 2.95. The van der Waals surface area contributed by atoms with Crippen LogP contribution >= 0.6 is 12.4 Å². The molecule has 0 bridgehead atoms. The number of piperazine rings is 1. The molecule has 2 atom stereocenters. The summed E-state index contributed by atoms with van der Waals surface area (Å²) in [5.74, 6) is 0.551. The minimum Gasteiger partial charge on any atom is -0.322 e. The highest BCUT2D eigenvalue weighted by atomic mass is 35.5. The third-order valence-corrected chi connectivity index (χ3v) is 5.16. The lowest BCUT2D eigenvalue weighted by molar-refractivity contribution is 0.0900. The fourth-order valence-corrected chi connectivity index (χ4v) is 4.12. The zero-order chi connectivity index (χ0) is 15.0.